The normalized spacial score (nSPS) is 11.0. The SMILES string of the molecule is COc1ccccc1N(C)C(=O)c1cc(-c2ccco2)nc2c1c(C)nn2C. The van der Waals surface area contributed by atoms with Crippen LogP contribution in [0.25, 0.3) is 22.5 Å². The van der Waals surface area contributed by atoms with E-state index in [2.05, 4.69) is 10.1 Å². The number of fused-ring (bicyclic) bond motifs is 1. The molecule has 0 aliphatic heterocycles. The molecule has 0 fully saturated rings. The highest BCUT2D eigenvalue weighted by atomic mass is 16.5. The van der Waals surface area contributed by atoms with Crippen molar-refractivity contribution >= 4 is 22.6 Å². The van der Waals surface area contributed by atoms with Gasteiger partial charge in [0.1, 0.15) is 11.4 Å². The lowest BCUT2D eigenvalue weighted by Gasteiger charge is -2.20. The van der Waals surface area contributed by atoms with Crippen LogP contribution >= 0.6 is 0 Å². The van der Waals surface area contributed by atoms with Crippen LogP contribution in [0.1, 0.15) is 16.1 Å². The summed E-state index contributed by atoms with van der Waals surface area (Å²) in [5.74, 6) is 1.04. The van der Waals surface area contributed by atoms with Crippen molar-refractivity contribution in [3.05, 3.63) is 60.0 Å². The largest absolute Gasteiger partial charge is 0.495 e. The molecule has 1 aromatic carbocycles. The quantitative estimate of drug-likeness (QED) is 0.541. The number of hydrogen-bond donors (Lipinski definition) is 0. The Balaban J connectivity index is 1.90. The van der Waals surface area contributed by atoms with E-state index < -0.39 is 0 Å². The highest BCUT2D eigenvalue weighted by Crippen LogP contribution is 2.31. The fourth-order valence-corrected chi connectivity index (χ4v) is 3.36. The molecule has 0 spiro atoms. The van der Waals surface area contributed by atoms with Crippen LogP contribution in [0.15, 0.2) is 53.1 Å². The third-order valence-electron chi connectivity index (χ3n) is 4.72. The van der Waals surface area contributed by atoms with E-state index in [4.69, 9.17) is 9.15 Å². The zero-order valence-electron chi connectivity index (χ0n) is 16.1. The van der Waals surface area contributed by atoms with Gasteiger partial charge < -0.3 is 14.1 Å². The summed E-state index contributed by atoms with van der Waals surface area (Å²) >= 11 is 0. The van der Waals surface area contributed by atoms with Crippen molar-refractivity contribution in [2.75, 3.05) is 19.1 Å². The summed E-state index contributed by atoms with van der Waals surface area (Å²) in [5.41, 5.74) is 3.14. The molecule has 0 aliphatic rings. The molecule has 7 heteroatoms. The summed E-state index contributed by atoms with van der Waals surface area (Å²) in [4.78, 5) is 19.7. The van der Waals surface area contributed by atoms with Crippen molar-refractivity contribution in [2.45, 2.75) is 6.92 Å². The minimum atomic E-state index is -0.180. The number of rotatable bonds is 4. The molecule has 142 valence electrons. The Morgan fingerprint density at radius 2 is 2.00 bits per heavy atom. The predicted molar refractivity (Wildman–Crippen MR) is 107 cm³/mol. The monoisotopic (exact) mass is 376 g/mol. The van der Waals surface area contributed by atoms with Gasteiger partial charge in [-0.05, 0) is 37.3 Å². The second-order valence-electron chi connectivity index (χ2n) is 6.48. The molecule has 0 aliphatic carbocycles. The van der Waals surface area contributed by atoms with Crippen molar-refractivity contribution in [1.29, 1.82) is 0 Å². The van der Waals surface area contributed by atoms with Crippen LogP contribution in [-0.4, -0.2) is 34.8 Å². The van der Waals surface area contributed by atoms with Gasteiger partial charge in [0.05, 0.1) is 35.7 Å². The smallest absolute Gasteiger partial charge is 0.259 e. The Hall–Kier alpha value is -3.61. The highest BCUT2D eigenvalue weighted by molar-refractivity contribution is 6.14. The molecule has 0 radical (unpaired) electrons. The Bertz CT molecular complexity index is 1160. The van der Waals surface area contributed by atoms with Gasteiger partial charge >= 0.3 is 0 Å². The summed E-state index contributed by atoms with van der Waals surface area (Å²) in [7, 11) is 5.12. The van der Waals surface area contributed by atoms with Crippen LogP contribution < -0.4 is 9.64 Å². The van der Waals surface area contributed by atoms with E-state index in [1.165, 1.54) is 0 Å². The fraction of sp³-hybridized carbons (Fsp3) is 0.190. The lowest BCUT2D eigenvalue weighted by atomic mass is 10.1. The van der Waals surface area contributed by atoms with Gasteiger partial charge in [-0.1, -0.05) is 12.1 Å². The van der Waals surface area contributed by atoms with Gasteiger partial charge in [-0.15, -0.1) is 0 Å². The van der Waals surface area contributed by atoms with Crippen molar-refractivity contribution in [3.8, 4) is 17.2 Å². The number of anilines is 1. The summed E-state index contributed by atoms with van der Waals surface area (Å²) < 4.78 is 12.6. The molecule has 0 bridgehead atoms. The Morgan fingerprint density at radius 1 is 1.21 bits per heavy atom. The number of aromatic nitrogens is 3. The number of carbonyl (C=O) groups is 1. The molecular weight excluding hydrogens is 356 g/mol. The maximum absolute atomic E-state index is 13.5. The first-order valence-corrected chi connectivity index (χ1v) is 8.80. The summed E-state index contributed by atoms with van der Waals surface area (Å²) in [6.07, 6.45) is 1.58. The molecule has 28 heavy (non-hydrogen) atoms. The van der Waals surface area contributed by atoms with Gasteiger partial charge in [-0.25, -0.2) is 4.98 Å². The number of carbonyl (C=O) groups excluding carboxylic acids is 1. The number of nitrogens with zero attached hydrogens (tertiary/aromatic N) is 4. The second kappa shape index (κ2) is 6.84. The minimum absolute atomic E-state index is 0.180. The predicted octanol–water partition coefficient (Wildman–Crippen LogP) is 3.82. The van der Waals surface area contributed by atoms with Crippen LogP contribution in [0.4, 0.5) is 5.69 Å². The maximum atomic E-state index is 13.5. The molecule has 0 atom stereocenters. The molecule has 3 aromatic heterocycles. The number of amides is 1. The van der Waals surface area contributed by atoms with E-state index in [1.54, 1.807) is 42.1 Å². The van der Waals surface area contributed by atoms with Gasteiger partial charge in [0, 0.05) is 14.1 Å². The van der Waals surface area contributed by atoms with Gasteiger partial charge in [0.2, 0.25) is 0 Å². The summed E-state index contributed by atoms with van der Waals surface area (Å²) in [6.45, 7) is 1.87. The highest BCUT2D eigenvalue weighted by Gasteiger charge is 2.24. The lowest BCUT2D eigenvalue weighted by molar-refractivity contribution is 0.0994. The molecule has 4 rings (SSSR count). The molecule has 0 unspecified atom stereocenters. The number of para-hydroxylation sites is 2. The summed E-state index contributed by atoms with van der Waals surface area (Å²) in [5, 5.41) is 5.18. The maximum Gasteiger partial charge on any atom is 0.259 e. The van der Waals surface area contributed by atoms with Crippen molar-refractivity contribution in [2.24, 2.45) is 7.05 Å². The molecule has 1 amide bonds. The number of benzene rings is 1. The van der Waals surface area contributed by atoms with Crippen molar-refractivity contribution in [1.82, 2.24) is 14.8 Å². The number of methoxy groups -OCH3 is 1. The van der Waals surface area contributed by atoms with Crippen molar-refractivity contribution in [3.63, 3.8) is 0 Å². The van der Waals surface area contributed by atoms with Gasteiger partial charge in [-0.3, -0.25) is 9.48 Å². The molecule has 4 aromatic rings. The standard InChI is InChI=1S/C21H20N4O3/c1-13-19-14(21(26)24(2)16-8-5-6-9-18(16)27-4)12-15(17-10-7-11-28-17)22-20(19)25(3)23-13/h5-12H,1-4H3. The average Bonchev–Trinajstić information content (AvgIpc) is 3.35. The van der Waals surface area contributed by atoms with Crippen LogP contribution in [-0.2, 0) is 7.05 Å². The summed E-state index contributed by atoms with van der Waals surface area (Å²) in [6, 6.07) is 12.8. The zero-order chi connectivity index (χ0) is 19.8. The van der Waals surface area contributed by atoms with Crippen LogP contribution in [0, 0.1) is 6.92 Å². The first kappa shape index (κ1) is 17.8. The van der Waals surface area contributed by atoms with E-state index in [9.17, 15) is 4.79 Å². The third kappa shape index (κ3) is 2.81. The topological polar surface area (TPSA) is 73.4 Å². The van der Waals surface area contributed by atoms with E-state index in [0.717, 1.165) is 11.1 Å². The van der Waals surface area contributed by atoms with E-state index in [0.29, 0.717) is 34.1 Å². The number of pyridine rings is 1. The average molecular weight is 376 g/mol. The first-order valence-electron chi connectivity index (χ1n) is 8.80. The number of furan rings is 1. The minimum Gasteiger partial charge on any atom is -0.495 e. The van der Waals surface area contributed by atoms with E-state index in [1.807, 2.05) is 44.3 Å². The number of aryl methyl sites for hydroxylation is 2. The van der Waals surface area contributed by atoms with Crippen LogP contribution in [0.3, 0.4) is 0 Å². The van der Waals surface area contributed by atoms with Crippen LogP contribution in [0.5, 0.6) is 5.75 Å². The number of hydrogen-bond acceptors (Lipinski definition) is 5. The molecular formula is C21H20N4O3. The van der Waals surface area contributed by atoms with E-state index in [-0.39, 0.29) is 5.91 Å². The number of ether oxygens (including phenoxy) is 1. The lowest BCUT2D eigenvalue weighted by Crippen LogP contribution is -2.27. The van der Waals surface area contributed by atoms with Gasteiger partial charge in [-0.2, -0.15) is 5.10 Å². The molecule has 3 heterocycles. The Labute approximate surface area is 162 Å². The molecule has 0 saturated carbocycles. The molecule has 7 nitrogen and oxygen atoms in total. The van der Waals surface area contributed by atoms with E-state index >= 15 is 0 Å². The fourth-order valence-electron chi connectivity index (χ4n) is 3.36. The Kier molecular flexibility index (Phi) is 4.35. The second-order valence-corrected chi connectivity index (χ2v) is 6.48. The Morgan fingerprint density at radius 3 is 2.71 bits per heavy atom. The molecule has 0 saturated heterocycles. The third-order valence-corrected chi connectivity index (χ3v) is 4.72. The van der Waals surface area contributed by atoms with Gasteiger partial charge in [0.25, 0.3) is 5.91 Å². The van der Waals surface area contributed by atoms with Crippen molar-refractivity contribution < 1.29 is 13.9 Å². The first-order chi connectivity index (χ1) is 13.5. The van der Waals surface area contributed by atoms with Crippen LogP contribution in [0.2, 0.25) is 0 Å². The van der Waals surface area contributed by atoms with Gasteiger partial charge in [0.15, 0.2) is 11.4 Å². The molecule has 0 N–H and O–H groups in total. The zero-order valence-corrected chi connectivity index (χ0v) is 16.1.